The molecule has 5 heteroatoms. The fourth-order valence-corrected chi connectivity index (χ4v) is 1.50. The van der Waals surface area contributed by atoms with E-state index >= 15 is 0 Å². The van der Waals surface area contributed by atoms with E-state index in [2.05, 4.69) is 0 Å². The van der Waals surface area contributed by atoms with Crippen LogP contribution in [0.5, 0.6) is 0 Å². The second-order valence-electron chi connectivity index (χ2n) is 4.05. The van der Waals surface area contributed by atoms with Crippen LogP contribution >= 0.6 is 0 Å². The molecule has 0 heterocycles. The summed E-state index contributed by atoms with van der Waals surface area (Å²) in [6.45, 7) is 4.91. The lowest BCUT2D eigenvalue weighted by atomic mass is 10.1. The van der Waals surface area contributed by atoms with Gasteiger partial charge in [0.25, 0.3) is 0 Å². The van der Waals surface area contributed by atoms with Gasteiger partial charge in [0.05, 0.1) is 25.4 Å². The zero-order chi connectivity index (χ0) is 13.5. The molecule has 1 rings (SSSR count). The number of halogens is 2. The van der Waals surface area contributed by atoms with Crippen molar-refractivity contribution in [2.24, 2.45) is 5.73 Å². The highest BCUT2D eigenvalue weighted by Gasteiger charge is 2.15. The van der Waals surface area contributed by atoms with Gasteiger partial charge in [-0.05, 0) is 19.9 Å². The van der Waals surface area contributed by atoms with Gasteiger partial charge < -0.3 is 15.2 Å². The summed E-state index contributed by atoms with van der Waals surface area (Å²) >= 11 is 0. The van der Waals surface area contributed by atoms with Crippen molar-refractivity contribution in [3.63, 3.8) is 0 Å². The molecule has 2 atom stereocenters. The van der Waals surface area contributed by atoms with Crippen LogP contribution in [0.1, 0.15) is 25.5 Å². The minimum absolute atomic E-state index is 0.120. The van der Waals surface area contributed by atoms with E-state index < -0.39 is 17.7 Å². The zero-order valence-corrected chi connectivity index (χ0v) is 10.7. The van der Waals surface area contributed by atoms with Gasteiger partial charge in [-0.1, -0.05) is 12.1 Å². The third-order valence-corrected chi connectivity index (χ3v) is 2.50. The van der Waals surface area contributed by atoms with Gasteiger partial charge in [0.15, 0.2) is 11.6 Å². The first-order valence-corrected chi connectivity index (χ1v) is 5.95. The van der Waals surface area contributed by atoms with Crippen LogP contribution in [0.25, 0.3) is 0 Å². The molecule has 0 spiro atoms. The maximum atomic E-state index is 13.4. The summed E-state index contributed by atoms with van der Waals surface area (Å²) in [4.78, 5) is 0. The van der Waals surface area contributed by atoms with Crippen molar-refractivity contribution in [2.75, 3.05) is 19.8 Å². The number of hydrogen-bond donors (Lipinski definition) is 1. The quantitative estimate of drug-likeness (QED) is 0.817. The van der Waals surface area contributed by atoms with Gasteiger partial charge in [0.2, 0.25) is 0 Å². The highest BCUT2D eigenvalue weighted by molar-refractivity contribution is 5.22. The molecule has 3 nitrogen and oxygen atoms in total. The van der Waals surface area contributed by atoms with Crippen molar-refractivity contribution in [1.82, 2.24) is 0 Å². The molecule has 0 amide bonds. The molecule has 0 saturated heterocycles. The number of hydrogen-bond acceptors (Lipinski definition) is 3. The number of benzene rings is 1. The lowest BCUT2D eigenvalue weighted by Crippen LogP contribution is -2.24. The van der Waals surface area contributed by atoms with Gasteiger partial charge in [-0.2, -0.15) is 0 Å². The molecule has 1 aromatic carbocycles. The monoisotopic (exact) mass is 259 g/mol. The molecule has 0 radical (unpaired) electrons. The largest absolute Gasteiger partial charge is 0.379 e. The van der Waals surface area contributed by atoms with E-state index in [-0.39, 0.29) is 18.3 Å². The summed E-state index contributed by atoms with van der Waals surface area (Å²) in [6.07, 6.45) is -0.132. The zero-order valence-electron chi connectivity index (χ0n) is 10.7. The van der Waals surface area contributed by atoms with Crippen LogP contribution in [0, 0.1) is 11.6 Å². The lowest BCUT2D eigenvalue weighted by Gasteiger charge is -2.17. The minimum Gasteiger partial charge on any atom is -0.379 e. The van der Waals surface area contributed by atoms with Crippen LogP contribution in [0.15, 0.2) is 18.2 Å². The van der Waals surface area contributed by atoms with Gasteiger partial charge in [0, 0.05) is 12.2 Å². The average molecular weight is 259 g/mol. The molecule has 0 bridgehead atoms. The van der Waals surface area contributed by atoms with Crippen molar-refractivity contribution in [2.45, 2.75) is 26.0 Å². The molecule has 2 unspecified atom stereocenters. The van der Waals surface area contributed by atoms with E-state index in [0.29, 0.717) is 13.2 Å². The first-order chi connectivity index (χ1) is 8.56. The summed E-state index contributed by atoms with van der Waals surface area (Å²) in [5.41, 5.74) is 5.89. The summed E-state index contributed by atoms with van der Waals surface area (Å²) < 4.78 is 37.0. The Morgan fingerprint density at radius 1 is 1.28 bits per heavy atom. The van der Waals surface area contributed by atoms with Crippen LogP contribution in [-0.4, -0.2) is 25.9 Å². The highest BCUT2D eigenvalue weighted by atomic mass is 19.2. The SMILES string of the molecule is CCOCC(C)OCC(N)c1cccc(F)c1F. The van der Waals surface area contributed by atoms with E-state index in [4.69, 9.17) is 15.2 Å². The molecular weight excluding hydrogens is 240 g/mol. The van der Waals surface area contributed by atoms with Gasteiger partial charge in [0.1, 0.15) is 0 Å². The van der Waals surface area contributed by atoms with Gasteiger partial charge in [-0.3, -0.25) is 0 Å². The lowest BCUT2D eigenvalue weighted by molar-refractivity contribution is -0.00863. The van der Waals surface area contributed by atoms with Crippen molar-refractivity contribution >= 4 is 0 Å². The Bertz CT molecular complexity index is 374. The number of rotatable bonds is 7. The molecule has 0 fully saturated rings. The van der Waals surface area contributed by atoms with Crippen molar-refractivity contribution < 1.29 is 18.3 Å². The maximum Gasteiger partial charge on any atom is 0.163 e. The number of nitrogens with two attached hydrogens (primary N) is 1. The first kappa shape index (κ1) is 15.0. The Morgan fingerprint density at radius 2 is 2.00 bits per heavy atom. The average Bonchev–Trinajstić information content (AvgIpc) is 2.36. The van der Waals surface area contributed by atoms with E-state index in [1.54, 1.807) is 0 Å². The smallest absolute Gasteiger partial charge is 0.163 e. The third-order valence-electron chi connectivity index (χ3n) is 2.50. The fraction of sp³-hybridized carbons (Fsp3) is 0.538. The Balaban J connectivity index is 2.50. The molecule has 0 saturated carbocycles. The van der Waals surface area contributed by atoms with E-state index in [0.717, 1.165) is 6.07 Å². The van der Waals surface area contributed by atoms with Gasteiger partial charge >= 0.3 is 0 Å². The van der Waals surface area contributed by atoms with Crippen molar-refractivity contribution in [3.8, 4) is 0 Å². The third kappa shape index (κ3) is 4.33. The summed E-state index contributed by atoms with van der Waals surface area (Å²) in [6, 6.07) is 3.26. The Labute approximate surface area is 106 Å². The summed E-state index contributed by atoms with van der Waals surface area (Å²) in [5.74, 6) is -1.81. The molecule has 0 aliphatic rings. The van der Waals surface area contributed by atoms with E-state index in [9.17, 15) is 8.78 Å². The Hall–Kier alpha value is -1.04. The molecule has 2 N–H and O–H groups in total. The molecular formula is C13H19F2NO2. The fourth-order valence-electron chi connectivity index (χ4n) is 1.50. The summed E-state index contributed by atoms with van der Waals surface area (Å²) in [7, 11) is 0. The standard InChI is InChI=1S/C13H19F2NO2/c1-3-17-7-9(2)18-8-12(16)10-5-4-6-11(14)13(10)15/h4-6,9,12H,3,7-8,16H2,1-2H3. The van der Waals surface area contributed by atoms with Crippen LogP contribution in [0.4, 0.5) is 8.78 Å². The minimum atomic E-state index is -0.911. The Morgan fingerprint density at radius 3 is 2.67 bits per heavy atom. The van der Waals surface area contributed by atoms with Crippen LogP contribution in [0.3, 0.4) is 0 Å². The normalized spacial score (nSPS) is 14.5. The van der Waals surface area contributed by atoms with Crippen LogP contribution in [0.2, 0.25) is 0 Å². The molecule has 0 aliphatic carbocycles. The second kappa shape index (κ2) is 7.41. The topological polar surface area (TPSA) is 44.5 Å². The highest BCUT2D eigenvalue weighted by Crippen LogP contribution is 2.18. The number of ether oxygens (including phenoxy) is 2. The maximum absolute atomic E-state index is 13.4. The van der Waals surface area contributed by atoms with Gasteiger partial charge in [-0.25, -0.2) is 8.78 Å². The van der Waals surface area contributed by atoms with Crippen LogP contribution in [-0.2, 0) is 9.47 Å². The molecule has 18 heavy (non-hydrogen) atoms. The second-order valence-corrected chi connectivity index (χ2v) is 4.05. The van der Waals surface area contributed by atoms with E-state index in [1.807, 2.05) is 13.8 Å². The van der Waals surface area contributed by atoms with Crippen LogP contribution < -0.4 is 5.73 Å². The molecule has 102 valence electrons. The van der Waals surface area contributed by atoms with E-state index in [1.165, 1.54) is 12.1 Å². The van der Waals surface area contributed by atoms with Gasteiger partial charge in [-0.15, -0.1) is 0 Å². The Kier molecular flexibility index (Phi) is 6.18. The molecule has 0 aromatic heterocycles. The molecule has 1 aromatic rings. The summed E-state index contributed by atoms with van der Waals surface area (Å²) in [5, 5.41) is 0. The van der Waals surface area contributed by atoms with Crippen molar-refractivity contribution in [1.29, 1.82) is 0 Å². The first-order valence-electron chi connectivity index (χ1n) is 5.95. The predicted molar refractivity (Wildman–Crippen MR) is 65.2 cm³/mol. The molecule has 0 aliphatic heterocycles. The predicted octanol–water partition coefficient (Wildman–Crippen LogP) is 2.41. The van der Waals surface area contributed by atoms with Crippen molar-refractivity contribution in [3.05, 3.63) is 35.4 Å².